The first-order valence-electron chi connectivity index (χ1n) is 13.5. The van der Waals surface area contributed by atoms with Crippen molar-refractivity contribution in [2.75, 3.05) is 45.3 Å². The number of hydrogen-bond donors (Lipinski definition) is 2. The molecule has 206 valence electrons. The highest BCUT2D eigenvalue weighted by Gasteiger charge is 2.47. The maximum atomic E-state index is 13.9. The molecule has 38 heavy (non-hydrogen) atoms. The topological polar surface area (TPSA) is 116 Å². The number of urea groups is 1. The highest BCUT2D eigenvalue weighted by molar-refractivity contribution is 6.03. The number of nitrogens with one attached hydrogen (secondary N) is 2. The van der Waals surface area contributed by atoms with Crippen LogP contribution in [0.15, 0.2) is 18.2 Å². The van der Waals surface area contributed by atoms with Crippen molar-refractivity contribution < 1.29 is 19.1 Å². The second-order valence-electron chi connectivity index (χ2n) is 11.2. The van der Waals surface area contributed by atoms with Gasteiger partial charge < -0.3 is 24.6 Å². The van der Waals surface area contributed by atoms with Gasteiger partial charge in [0.05, 0.1) is 24.9 Å². The van der Waals surface area contributed by atoms with E-state index in [-0.39, 0.29) is 29.7 Å². The minimum absolute atomic E-state index is 0.0106. The van der Waals surface area contributed by atoms with Gasteiger partial charge in [-0.3, -0.25) is 14.8 Å². The summed E-state index contributed by atoms with van der Waals surface area (Å²) in [4.78, 5) is 37.4. The third-order valence-corrected chi connectivity index (χ3v) is 8.29. The van der Waals surface area contributed by atoms with E-state index in [1.54, 1.807) is 18.2 Å². The molecule has 5 heterocycles. The van der Waals surface area contributed by atoms with Crippen molar-refractivity contribution in [3.8, 4) is 5.88 Å². The largest absolute Gasteiger partial charge is 0.481 e. The summed E-state index contributed by atoms with van der Waals surface area (Å²) in [6.45, 7) is 13.1. The SMILES string of the molecule is COc1cccc(C(=O)Nc2n[nH]c3c2CN(C(=O)N2CC(C)N(CC4CCOCC4)C[C@@H]2C)C3(C)C)n1. The van der Waals surface area contributed by atoms with Crippen LogP contribution in [0.2, 0.25) is 0 Å². The van der Waals surface area contributed by atoms with Gasteiger partial charge in [0.25, 0.3) is 5.91 Å². The zero-order valence-electron chi connectivity index (χ0n) is 23.0. The highest BCUT2D eigenvalue weighted by atomic mass is 16.5. The van der Waals surface area contributed by atoms with E-state index in [1.807, 2.05) is 23.6 Å². The number of aromatic nitrogens is 3. The molecular formula is C27H39N7O4. The molecule has 3 aliphatic rings. The van der Waals surface area contributed by atoms with E-state index in [2.05, 4.69) is 39.2 Å². The second kappa shape index (κ2) is 10.5. The van der Waals surface area contributed by atoms with E-state index in [1.165, 1.54) is 7.11 Å². The number of fused-ring (bicyclic) bond motifs is 1. The fourth-order valence-electron chi connectivity index (χ4n) is 5.89. The van der Waals surface area contributed by atoms with Crippen LogP contribution >= 0.6 is 0 Å². The lowest BCUT2D eigenvalue weighted by Gasteiger charge is -2.47. The molecule has 0 aliphatic carbocycles. The van der Waals surface area contributed by atoms with E-state index in [0.717, 1.165) is 50.4 Å². The van der Waals surface area contributed by atoms with Gasteiger partial charge >= 0.3 is 6.03 Å². The van der Waals surface area contributed by atoms with Crippen molar-refractivity contribution in [3.05, 3.63) is 35.2 Å². The molecule has 5 rings (SSSR count). The predicted octanol–water partition coefficient (Wildman–Crippen LogP) is 3.06. The van der Waals surface area contributed by atoms with Gasteiger partial charge in [0, 0.05) is 56.6 Å². The molecule has 1 unspecified atom stereocenters. The van der Waals surface area contributed by atoms with Crippen LogP contribution in [0.5, 0.6) is 5.88 Å². The number of methoxy groups -OCH3 is 1. The van der Waals surface area contributed by atoms with Crippen molar-refractivity contribution in [1.82, 2.24) is 29.9 Å². The van der Waals surface area contributed by atoms with Gasteiger partial charge in [0.15, 0.2) is 5.82 Å². The molecule has 2 aromatic rings. The quantitative estimate of drug-likeness (QED) is 0.616. The Morgan fingerprint density at radius 3 is 2.68 bits per heavy atom. The Bertz CT molecular complexity index is 1180. The average molecular weight is 526 g/mol. The van der Waals surface area contributed by atoms with Crippen LogP contribution < -0.4 is 10.1 Å². The minimum atomic E-state index is -0.598. The van der Waals surface area contributed by atoms with Crippen molar-refractivity contribution in [2.24, 2.45) is 5.92 Å². The fraction of sp³-hybridized carbons (Fsp3) is 0.630. The number of hydrogen-bond acceptors (Lipinski definition) is 7. The summed E-state index contributed by atoms with van der Waals surface area (Å²) in [6.07, 6.45) is 2.22. The highest BCUT2D eigenvalue weighted by Crippen LogP contribution is 2.41. The molecule has 3 amide bonds. The van der Waals surface area contributed by atoms with Crippen LogP contribution in [0.25, 0.3) is 0 Å². The Morgan fingerprint density at radius 2 is 1.95 bits per heavy atom. The number of nitrogens with zero attached hydrogens (tertiary/aromatic N) is 5. The van der Waals surface area contributed by atoms with Crippen LogP contribution in [0.4, 0.5) is 10.6 Å². The Labute approximate surface area is 223 Å². The van der Waals surface area contributed by atoms with Gasteiger partial charge in [-0.05, 0) is 52.5 Å². The minimum Gasteiger partial charge on any atom is -0.481 e. The van der Waals surface area contributed by atoms with Crippen molar-refractivity contribution in [3.63, 3.8) is 0 Å². The van der Waals surface area contributed by atoms with Crippen molar-refractivity contribution in [2.45, 2.75) is 64.7 Å². The number of amides is 3. The van der Waals surface area contributed by atoms with Crippen LogP contribution in [0.1, 0.15) is 62.3 Å². The van der Waals surface area contributed by atoms with Gasteiger partial charge in [-0.15, -0.1) is 0 Å². The maximum absolute atomic E-state index is 13.9. The number of carbonyl (C=O) groups excluding carboxylic acids is 2. The van der Waals surface area contributed by atoms with Crippen LogP contribution in [-0.2, 0) is 16.8 Å². The number of anilines is 1. The molecule has 2 N–H and O–H groups in total. The van der Waals surface area contributed by atoms with E-state index < -0.39 is 5.54 Å². The zero-order chi connectivity index (χ0) is 27.0. The van der Waals surface area contributed by atoms with Gasteiger partial charge in [-0.1, -0.05) is 6.07 Å². The smallest absolute Gasteiger partial charge is 0.321 e. The molecule has 11 heteroatoms. The third-order valence-electron chi connectivity index (χ3n) is 8.29. The average Bonchev–Trinajstić information content (AvgIpc) is 3.43. The Morgan fingerprint density at radius 1 is 1.18 bits per heavy atom. The monoisotopic (exact) mass is 525 g/mol. The number of rotatable bonds is 5. The molecule has 0 bridgehead atoms. The number of H-pyrrole nitrogens is 1. The van der Waals surface area contributed by atoms with Crippen LogP contribution in [0.3, 0.4) is 0 Å². The summed E-state index contributed by atoms with van der Waals surface area (Å²) in [5.74, 6) is 1.06. The summed E-state index contributed by atoms with van der Waals surface area (Å²) >= 11 is 0. The van der Waals surface area contributed by atoms with Gasteiger partial charge in [0.2, 0.25) is 5.88 Å². The summed E-state index contributed by atoms with van der Waals surface area (Å²) in [5, 5.41) is 10.3. The summed E-state index contributed by atoms with van der Waals surface area (Å²) in [5.41, 5.74) is 1.28. The molecule has 0 spiro atoms. The molecule has 3 aliphatic heterocycles. The molecule has 0 radical (unpaired) electrons. The number of ether oxygens (including phenoxy) is 2. The Balaban J connectivity index is 1.27. The van der Waals surface area contributed by atoms with E-state index in [4.69, 9.17) is 9.47 Å². The Hall–Kier alpha value is -3.18. The number of pyridine rings is 1. The second-order valence-corrected chi connectivity index (χ2v) is 11.2. The summed E-state index contributed by atoms with van der Waals surface area (Å²) in [6, 6.07) is 5.41. The molecule has 2 fully saturated rings. The van der Waals surface area contributed by atoms with Crippen molar-refractivity contribution in [1.29, 1.82) is 0 Å². The number of piperazine rings is 1. The molecule has 0 saturated carbocycles. The number of carbonyl (C=O) groups is 2. The molecular weight excluding hydrogens is 486 g/mol. The fourth-order valence-corrected chi connectivity index (χ4v) is 5.89. The van der Waals surface area contributed by atoms with E-state index >= 15 is 0 Å². The molecule has 2 atom stereocenters. The van der Waals surface area contributed by atoms with Gasteiger partial charge in [-0.25, -0.2) is 9.78 Å². The lowest BCUT2D eigenvalue weighted by Crippen LogP contribution is -2.62. The summed E-state index contributed by atoms with van der Waals surface area (Å²) in [7, 11) is 1.51. The van der Waals surface area contributed by atoms with E-state index in [0.29, 0.717) is 30.7 Å². The lowest BCUT2D eigenvalue weighted by atomic mass is 9.97. The first-order chi connectivity index (χ1) is 18.2. The Kier molecular flexibility index (Phi) is 7.32. The summed E-state index contributed by atoms with van der Waals surface area (Å²) < 4.78 is 10.7. The van der Waals surface area contributed by atoms with Crippen LogP contribution in [-0.4, -0.2) is 93.9 Å². The zero-order valence-corrected chi connectivity index (χ0v) is 23.0. The lowest BCUT2D eigenvalue weighted by molar-refractivity contribution is 0.00882. The molecule has 0 aromatic carbocycles. The molecule has 2 aromatic heterocycles. The van der Waals surface area contributed by atoms with E-state index in [9.17, 15) is 9.59 Å². The van der Waals surface area contributed by atoms with Gasteiger partial charge in [0.1, 0.15) is 5.69 Å². The normalized spacial score (nSPS) is 23.8. The molecule has 11 nitrogen and oxygen atoms in total. The number of aromatic amines is 1. The molecule has 2 saturated heterocycles. The maximum Gasteiger partial charge on any atom is 0.321 e. The van der Waals surface area contributed by atoms with Crippen LogP contribution in [0, 0.1) is 5.92 Å². The van der Waals surface area contributed by atoms with Crippen molar-refractivity contribution >= 4 is 17.8 Å². The third kappa shape index (κ3) is 4.96. The van der Waals surface area contributed by atoms with Gasteiger partial charge in [-0.2, -0.15) is 5.10 Å². The first kappa shape index (κ1) is 26.4. The standard InChI is InChI=1S/C27H39N7O4/c1-17-14-33(18(2)13-32(17)15-19-9-11-38-12-10-19)26(36)34-16-20-23(27(34,3)4)30-31-24(20)29-25(35)21-7-6-8-22(28-21)37-5/h6-8,17-19H,9-16H2,1-5H3,(H2,29,30,31,35)/t17?,18-/m0/s1. The predicted molar refractivity (Wildman–Crippen MR) is 142 cm³/mol. The first-order valence-corrected chi connectivity index (χ1v) is 13.5.